The molecule has 1 aromatic heterocycles. The van der Waals surface area contributed by atoms with Gasteiger partial charge in [-0.05, 0) is 48.6 Å². The number of hydrogen-bond acceptors (Lipinski definition) is 3. The van der Waals surface area contributed by atoms with Gasteiger partial charge in [-0.15, -0.1) is 0 Å². The Morgan fingerprint density at radius 1 is 1.23 bits per heavy atom. The van der Waals surface area contributed by atoms with Crippen LogP contribution in [0.4, 0.5) is 24.5 Å². The molecule has 2 heterocycles. The van der Waals surface area contributed by atoms with E-state index in [1.165, 1.54) is 30.5 Å². The number of alkyl halides is 3. The van der Waals surface area contributed by atoms with Crippen molar-refractivity contribution >= 4 is 23.0 Å². The van der Waals surface area contributed by atoms with Crippen molar-refractivity contribution in [3.63, 3.8) is 0 Å². The molecule has 0 bridgehead atoms. The third kappa shape index (κ3) is 2.70. The Morgan fingerprint density at radius 3 is 2.69 bits per heavy atom. The standard InChI is InChI=1S/C18H16ClF3N2O2/c19-11-3-4-14-13(7-11)17(18(20,21)22,9-26-8-10-1-2-10)12-5-6-23-16(25)15(12)24-14/h3-7,10,24H,1-2,8-9H2,(H,23,25). The number of fused-ring (bicyclic) bond motifs is 2. The van der Waals surface area contributed by atoms with E-state index in [1.54, 1.807) is 0 Å². The Labute approximate surface area is 152 Å². The second kappa shape index (κ2) is 6.03. The maximum atomic E-state index is 14.5. The molecule has 1 saturated carbocycles. The first-order chi connectivity index (χ1) is 12.3. The van der Waals surface area contributed by atoms with E-state index in [-0.39, 0.29) is 34.1 Å². The molecule has 26 heavy (non-hydrogen) atoms. The smallest absolute Gasteiger partial charge is 0.380 e. The molecule has 138 valence electrons. The summed E-state index contributed by atoms with van der Waals surface area (Å²) in [4.78, 5) is 14.6. The van der Waals surface area contributed by atoms with E-state index in [4.69, 9.17) is 16.3 Å². The van der Waals surface area contributed by atoms with Crippen LogP contribution < -0.4 is 10.9 Å². The van der Waals surface area contributed by atoms with Crippen LogP contribution in [0.25, 0.3) is 0 Å². The average molecular weight is 385 g/mol. The first kappa shape index (κ1) is 17.4. The number of halogens is 4. The molecule has 1 aromatic carbocycles. The summed E-state index contributed by atoms with van der Waals surface area (Å²) in [7, 11) is 0. The van der Waals surface area contributed by atoms with Gasteiger partial charge < -0.3 is 15.0 Å². The van der Waals surface area contributed by atoms with E-state index in [0.717, 1.165) is 12.8 Å². The first-order valence-corrected chi connectivity index (χ1v) is 8.64. The molecule has 2 N–H and O–H groups in total. The molecular formula is C18H16ClF3N2O2. The minimum absolute atomic E-state index is 0.0357. The highest BCUT2D eigenvalue weighted by atomic mass is 35.5. The van der Waals surface area contributed by atoms with Crippen LogP contribution >= 0.6 is 11.6 Å². The minimum Gasteiger partial charge on any atom is -0.380 e. The number of aromatic nitrogens is 1. The number of anilines is 2. The highest BCUT2D eigenvalue weighted by molar-refractivity contribution is 6.30. The van der Waals surface area contributed by atoms with E-state index in [2.05, 4.69) is 10.3 Å². The molecule has 0 spiro atoms. The fraction of sp³-hybridized carbons (Fsp3) is 0.389. The molecule has 2 aromatic rings. The summed E-state index contributed by atoms with van der Waals surface area (Å²) >= 11 is 6.00. The molecule has 4 nitrogen and oxygen atoms in total. The summed E-state index contributed by atoms with van der Waals surface area (Å²) in [6.07, 6.45) is -1.51. The predicted octanol–water partition coefficient (Wildman–Crippen LogP) is 4.36. The molecule has 0 radical (unpaired) electrons. The van der Waals surface area contributed by atoms with Gasteiger partial charge in [0.25, 0.3) is 5.56 Å². The van der Waals surface area contributed by atoms with E-state index >= 15 is 0 Å². The zero-order chi connectivity index (χ0) is 18.5. The van der Waals surface area contributed by atoms with Gasteiger partial charge in [-0.3, -0.25) is 4.79 Å². The van der Waals surface area contributed by atoms with Crippen molar-refractivity contribution in [3.05, 3.63) is 57.0 Å². The van der Waals surface area contributed by atoms with Crippen LogP contribution in [0.3, 0.4) is 0 Å². The molecule has 4 rings (SSSR count). The van der Waals surface area contributed by atoms with Crippen molar-refractivity contribution in [2.24, 2.45) is 5.92 Å². The zero-order valence-electron chi connectivity index (χ0n) is 13.6. The maximum absolute atomic E-state index is 14.5. The second-order valence-electron chi connectivity index (χ2n) is 6.77. The lowest BCUT2D eigenvalue weighted by atomic mass is 9.71. The number of aromatic amines is 1. The number of nitrogens with one attached hydrogen (secondary N) is 2. The normalized spacial score (nSPS) is 21.7. The van der Waals surface area contributed by atoms with E-state index in [0.29, 0.717) is 5.92 Å². The second-order valence-corrected chi connectivity index (χ2v) is 7.21. The summed E-state index contributed by atoms with van der Waals surface area (Å²) in [5.41, 5.74) is -3.18. The summed E-state index contributed by atoms with van der Waals surface area (Å²) in [6.45, 7) is -0.321. The van der Waals surface area contributed by atoms with Gasteiger partial charge in [-0.2, -0.15) is 13.2 Å². The third-order valence-electron chi connectivity index (χ3n) is 4.97. The van der Waals surface area contributed by atoms with Crippen molar-refractivity contribution in [2.75, 3.05) is 18.5 Å². The largest absolute Gasteiger partial charge is 0.404 e. The van der Waals surface area contributed by atoms with Crippen LogP contribution in [-0.4, -0.2) is 24.4 Å². The summed E-state index contributed by atoms with van der Waals surface area (Å²) < 4.78 is 49.0. The van der Waals surface area contributed by atoms with Gasteiger partial charge in [0.05, 0.1) is 6.61 Å². The number of ether oxygens (including phenoxy) is 1. The quantitative estimate of drug-likeness (QED) is 0.823. The number of benzene rings is 1. The third-order valence-corrected chi connectivity index (χ3v) is 5.21. The lowest BCUT2D eigenvalue weighted by Gasteiger charge is -2.41. The minimum atomic E-state index is -4.68. The molecule has 8 heteroatoms. The zero-order valence-corrected chi connectivity index (χ0v) is 14.4. The molecule has 0 amide bonds. The molecule has 1 aliphatic carbocycles. The highest BCUT2D eigenvalue weighted by Crippen LogP contribution is 2.54. The van der Waals surface area contributed by atoms with Crippen molar-refractivity contribution in [1.82, 2.24) is 4.98 Å². The monoisotopic (exact) mass is 384 g/mol. The van der Waals surface area contributed by atoms with E-state index in [1.807, 2.05) is 0 Å². The molecule has 1 fully saturated rings. The molecule has 1 atom stereocenters. The molecular weight excluding hydrogens is 369 g/mol. The van der Waals surface area contributed by atoms with Crippen molar-refractivity contribution in [3.8, 4) is 0 Å². The van der Waals surface area contributed by atoms with Crippen LogP contribution in [0, 0.1) is 5.92 Å². The van der Waals surface area contributed by atoms with Gasteiger partial charge in [-0.25, -0.2) is 0 Å². The fourth-order valence-electron chi connectivity index (χ4n) is 3.42. The predicted molar refractivity (Wildman–Crippen MR) is 92.2 cm³/mol. The van der Waals surface area contributed by atoms with Crippen LogP contribution in [0.2, 0.25) is 5.02 Å². The Hall–Kier alpha value is -1.99. The fourth-order valence-corrected chi connectivity index (χ4v) is 3.59. The van der Waals surface area contributed by atoms with Crippen LogP contribution in [0.1, 0.15) is 24.0 Å². The summed E-state index contributed by atoms with van der Waals surface area (Å²) in [5, 5.41) is 3.01. The SMILES string of the molecule is O=c1[nH]ccc2c1Nc1ccc(Cl)cc1C2(COCC1CC1)C(F)(F)F. The topological polar surface area (TPSA) is 54.1 Å². The summed E-state index contributed by atoms with van der Waals surface area (Å²) in [5.74, 6) is 0.319. The number of rotatable bonds is 4. The van der Waals surface area contributed by atoms with Gasteiger partial charge >= 0.3 is 6.18 Å². The average Bonchev–Trinajstić information content (AvgIpc) is 3.38. The lowest BCUT2D eigenvalue weighted by Crippen LogP contribution is -2.50. The van der Waals surface area contributed by atoms with Crippen molar-refractivity contribution in [2.45, 2.75) is 24.4 Å². The van der Waals surface area contributed by atoms with Crippen molar-refractivity contribution in [1.29, 1.82) is 0 Å². The Balaban J connectivity index is 1.93. The van der Waals surface area contributed by atoms with Crippen LogP contribution in [-0.2, 0) is 10.2 Å². The molecule has 0 saturated heterocycles. The Bertz CT molecular complexity index is 908. The Kier molecular flexibility index (Phi) is 4.04. The number of pyridine rings is 1. The number of hydrogen-bond donors (Lipinski definition) is 2. The van der Waals surface area contributed by atoms with E-state index < -0.39 is 23.8 Å². The van der Waals surface area contributed by atoms with Gasteiger partial charge in [-0.1, -0.05) is 11.6 Å². The Morgan fingerprint density at radius 2 is 2.00 bits per heavy atom. The van der Waals surface area contributed by atoms with Gasteiger partial charge in [0, 0.05) is 29.1 Å². The highest BCUT2D eigenvalue weighted by Gasteiger charge is 2.61. The van der Waals surface area contributed by atoms with Crippen LogP contribution in [0.15, 0.2) is 35.3 Å². The lowest BCUT2D eigenvalue weighted by molar-refractivity contribution is -0.192. The molecule has 1 aliphatic heterocycles. The van der Waals surface area contributed by atoms with Gasteiger partial charge in [0.2, 0.25) is 0 Å². The molecule has 1 unspecified atom stereocenters. The van der Waals surface area contributed by atoms with Gasteiger partial charge in [0.15, 0.2) is 0 Å². The van der Waals surface area contributed by atoms with Gasteiger partial charge in [0.1, 0.15) is 11.1 Å². The maximum Gasteiger partial charge on any atom is 0.404 e. The summed E-state index contributed by atoms with van der Waals surface area (Å²) in [6, 6.07) is 5.51. The van der Waals surface area contributed by atoms with Crippen LogP contribution in [0.5, 0.6) is 0 Å². The van der Waals surface area contributed by atoms with E-state index in [9.17, 15) is 18.0 Å². The first-order valence-electron chi connectivity index (χ1n) is 8.26. The number of H-pyrrole nitrogens is 1. The molecule has 2 aliphatic rings. The van der Waals surface area contributed by atoms with Crippen molar-refractivity contribution < 1.29 is 17.9 Å².